The first kappa shape index (κ1) is 8.64. The zero-order chi connectivity index (χ0) is 8.10. The van der Waals surface area contributed by atoms with Gasteiger partial charge in [0.25, 0.3) is 0 Å². The van der Waals surface area contributed by atoms with Gasteiger partial charge in [-0.1, -0.05) is 30.3 Å². The predicted octanol–water partition coefficient (Wildman–Crippen LogP) is 1.49. The molecule has 2 atom stereocenters. The average Bonchev–Trinajstić information content (AvgIpc) is 2.06. The van der Waals surface area contributed by atoms with Crippen molar-refractivity contribution in [1.29, 1.82) is 0 Å². The molecule has 2 unspecified atom stereocenters. The first-order valence-corrected chi connectivity index (χ1v) is 4.73. The van der Waals surface area contributed by atoms with E-state index < -0.39 is 0 Å². The fraction of sp³-hybridized carbons (Fsp3) is 0. The third-order valence-corrected chi connectivity index (χ3v) is 2.71. The summed E-state index contributed by atoms with van der Waals surface area (Å²) in [5.41, 5.74) is 0.0428. The number of nitrogens with one attached hydrogen (secondary N) is 1. The van der Waals surface area contributed by atoms with Gasteiger partial charge in [-0.15, -0.1) is 0 Å². The molecule has 0 saturated carbocycles. The summed E-state index contributed by atoms with van der Waals surface area (Å²) in [5.74, 6) is 0. The van der Waals surface area contributed by atoms with Gasteiger partial charge in [-0.2, -0.15) is 0 Å². The normalized spacial score (nSPS) is 10.3. The maximum Gasteiger partial charge on any atom is 0.245 e. The highest BCUT2D eigenvalue weighted by atomic mass is 31.1. The largest absolute Gasteiger partial charge is 0.337 e. The van der Waals surface area contributed by atoms with Crippen molar-refractivity contribution in [3.8, 4) is 0 Å². The van der Waals surface area contributed by atoms with E-state index in [1.165, 1.54) is 0 Å². The van der Waals surface area contributed by atoms with Crippen LogP contribution in [0.5, 0.6) is 0 Å². The quantitative estimate of drug-likeness (QED) is 0.695. The Hall–Kier alpha value is -0.450. The summed E-state index contributed by atoms with van der Waals surface area (Å²) < 4.78 is 0. The van der Waals surface area contributed by atoms with Crippen LogP contribution < -0.4 is 10.4 Å². The van der Waals surface area contributed by atoms with E-state index in [0.717, 1.165) is 5.30 Å². The van der Waals surface area contributed by atoms with E-state index in [9.17, 15) is 4.79 Å². The summed E-state index contributed by atoms with van der Waals surface area (Å²) in [6, 6.07) is 9.68. The van der Waals surface area contributed by atoms with E-state index in [1.54, 1.807) is 0 Å². The second-order valence-electron chi connectivity index (χ2n) is 1.96. The lowest BCUT2D eigenvalue weighted by atomic mass is 10.4. The number of rotatable bonds is 2. The van der Waals surface area contributed by atoms with Gasteiger partial charge >= 0.3 is 0 Å². The Bertz CT molecular complexity index is 237. The molecule has 1 aromatic carbocycles. The Morgan fingerprint density at radius 2 is 2.00 bits per heavy atom. The lowest BCUT2D eigenvalue weighted by Gasteiger charge is -1.97. The van der Waals surface area contributed by atoms with E-state index >= 15 is 0 Å². The first-order valence-electron chi connectivity index (χ1n) is 3.15. The monoisotopic (exact) mass is 185 g/mol. The molecular formula is C7H9NOP2. The number of amides is 1. The molecule has 1 rings (SSSR count). The van der Waals surface area contributed by atoms with Crippen LogP contribution in [0.2, 0.25) is 0 Å². The van der Waals surface area contributed by atoms with Crippen molar-refractivity contribution in [2.45, 2.75) is 0 Å². The molecule has 0 heterocycles. The number of carbonyl (C=O) groups is 1. The fourth-order valence-corrected chi connectivity index (χ4v) is 1.60. The van der Waals surface area contributed by atoms with Crippen molar-refractivity contribution in [2.24, 2.45) is 0 Å². The van der Waals surface area contributed by atoms with E-state index in [2.05, 4.69) is 14.5 Å². The third-order valence-electron chi connectivity index (χ3n) is 1.16. The topological polar surface area (TPSA) is 29.1 Å². The zero-order valence-corrected chi connectivity index (χ0v) is 8.03. The minimum Gasteiger partial charge on any atom is -0.337 e. The van der Waals surface area contributed by atoms with Crippen molar-refractivity contribution >= 4 is 28.9 Å². The molecule has 0 aliphatic heterocycles. The summed E-state index contributed by atoms with van der Waals surface area (Å²) >= 11 is 0. The van der Waals surface area contributed by atoms with Gasteiger partial charge in [-0.25, -0.2) is 0 Å². The molecular weight excluding hydrogens is 176 g/mol. The van der Waals surface area contributed by atoms with Gasteiger partial charge in [0.1, 0.15) is 0 Å². The van der Waals surface area contributed by atoms with Gasteiger partial charge in [0, 0.05) is 8.58 Å². The van der Waals surface area contributed by atoms with Crippen molar-refractivity contribution < 1.29 is 4.79 Å². The summed E-state index contributed by atoms with van der Waals surface area (Å²) in [6.45, 7) is 0. The molecule has 0 fully saturated rings. The summed E-state index contributed by atoms with van der Waals surface area (Å²) in [6.07, 6.45) is 0. The molecule has 1 N–H and O–H groups in total. The van der Waals surface area contributed by atoms with Gasteiger partial charge < -0.3 is 5.09 Å². The van der Waals surface area contributed by atoms with Crippen LogP contribution in [0.25, 0.3) is 0 Å². The minimum atomic E-state index is 0.0428. The van der Waals surface area contributed by atoms with Gasteiger partial charge in [-0.05, 0) is 14.7 Å². The van der Waals surface area contributed by atoms with Crippen LogP contribution in [-0.2, 0) is 0 Å². The summed E-state index contributed by atoms with van der Waals surface area (Å²) in [7, 11) is 2.40. The van der Waals surface area contributed by atoms with E-state index in [-0.39, 0.29) is 14.2 Å². The van der Waals surface area contributed by atoms with Crippen LogP contribution in [0.4, 0.5) is 4.79 Å². The van der Waals surface area contributed by atoms with Crippen LogP contribution >= 0.6 is 18.0 Å². The van der Waals surface area contributed by atoms with Gasteiger partial charge in [-0.3, -0.25) is 4.79 Å². The van der Waals surface area contributed by atoms with Crippen LogP contribution in [0.15, 0.2) is 30.3 Å². The molecule has 0 aliphatic rings. The maximum absolute atomic E-state index is 10.9. The summed E-state index contributed by atoms with van der Waals surface area (Å²) in [4.78, 5) is 10.9. The number of carbonyl (C=O) groups excluding carboxylic acids is 1. The third kappa shape index (κ3) is 2.96. The number of benzene rings is 1. The molecule has 0 aromatic heterocycles. The molecule has 58 valence electrons. The average molecular weight is 185 g/mol. The fourth-order valence-electron chi connectivity index (χ4n) is 0.689. The Morgan fingerprint density at radius 1 is 1.36 bits per heavy atom. The van der Waals surface area contributed by atoms with Crippen LogP contribution in [0.1, 0.15) is 0 Å². The molecule has 0 radical (unpaired) electrons. The lowest BCUT2D eigenvalue weighted by molar-refractivity contribution is 0.265. The van der Waals surface area contributed by atoms with E-state index in [4.69, 9.17) is 0 Å². The molecule has 0 bridgehead atoms. The molecule has 0 saturated heterocycles. The number of hydrogen-bond donors (Lipinski definition) is 1. The molecule has 0 spiro atoms. The SMILES string of the molecule is O=C(NP)Pc1ccccc1. The van der Waals surface area contributed by atoms with Crippen molar-refractivity contribution in [3.63, 3.8) is 0 Å². The predicted molar refractivity (Wildman–Crippen MR) is 52.6 cm³/mol. The number of hydrogen-bond acceptors (Lipinski definition) is 1. The Kier molecular flexibility index (Phi) is 3.48. The van der Waals surface area contributed by atoms with E-state index in [1.807, 2.05) is 30.3 Å². The Balaban J connectivity index is 2.58. The van der Waals surface area contributed by atoms with Crippen LogP contribution in [0, 0.1) is 0 Å². The highest BCUT2D eigenvalue weighted by Gasteiger charge is 1.97. The molecule has 11 heavy (non-hydrogen) atoms. The Morgan fingerprint density at radius 3 is 2.55 bits per heavy atom. The second kappa shape index (κ2) is 4.43. The molecule has 0 aliphatic carbocycles. The Labute approximate surface area is 69.8 Å². The van der Waals surface area contributed by atoms with Crippen LogP contribution in [0.3, 0.4) is 0 Å². The van der Waals surface area contributed by atoms with Crippen molar-refractivity contribution in [2.75, 3.05) is 0 Å². The summed E-state index contributed by atoms with van der Waals surface area (Å²) in [5, 5.41) is 3.57. The van der Waals surface area contributed by atoms with Crippen LogP contribution in [-0.4, -0.2) is 5.65 Å². The standard InChI is InChI=1S/C7H9NOP2/c9-7(8-10)11-6-4-2-1-3-5-6/h1-5,11H,10H2,(H,8,9). The molecule has 1 amide bonds. The van der Waals surface area contributed by atoms with Crippen molar-refractivity contribution in [3.05, 3.63) is 30.3 Å². The maximum atomic E-state index is 10.9. The highest BCUT2D eigenvalue weighted by Crippen LogP contribution is 2.10. The highest BCUT2D eigenvalue weighted by molar-refractivity contribution is 7.65. The smallest absolute Gasteiger partial charge is 0.245 e. The zero-order valence-electron chi connectivity index (χ0n) is 5.87. The van der Waals surface area contributed by atoms with Gasteiger partial charge in [0.15, 0.2) is 0 Å². The van der Waals surface area contributed by atoms with Gasteiger partial charge in [0.05, 0.1) is 0 Å². The minimum absolute atomic E-state index is 0.0428. The molecule has 1 aromatic rings. The first-order chi connectivity index (χ1) is 5.33. The van der Waals surface area contributed by atoms with Gasteiger partial charge in [0.2, 0.25) is 5.65 Å². The van der Waals surface area contributed by atoms with E-state index in [0.29, 0.717) is 0 Å². The molecule has 4 heteroatoms. The lowest BCUT2D eigenvalue weighted by Crippen LogP contribution is -2.06. The second-order valence-corrected chi connectivity index (χ2v) is 3.53. The van der Waals surface area contributed by atoms with Crippen molar-refractivity contribution in [1.82, 2.24) is 5.09 Å². The molecule has 2 nitrogen and oxygen atoms in total.